The Hall–Kier alpha value is -1.31. The third-order valence-corrected chi connectivity index (χ3v) is 2.38. The minimum atomic E-state index is 0.730. The lowest BCUT2D eigenvalue weighted by Crippen LogP contribution is -2.01. The highest BCUT2D eigenvalue weighted by atomic mass is 16.1. The molecule has 0 bridgehead atoms. The van der Waals surface area contributed by atoms with Crippen molar-refractivity contribution < 1.29 is 4.79 Å². The summed E-state index contributed by atoms with van der Waals surface area (Å²) < 4.78 is 0. The molecule has 15 heavy (non-hydrogen) atoms. The van der Waals surface area contributed by atoms with Gasteiger partial charge in [0.25, 0.3) is 0 Å². The summed E-state index contributed by atoms with van der Waals surface area (Å²) in [5.74, 6) is 0. The molecule has 0 aliphatic carbocycles. The van der Waals surface area contributed by atoms with Crippen molar-refractivity contribution in [3.63, 3.8) is 0 Å². The van der Waals surface area contributed by atoms with Crippen LogP contribution in [0.2, 0.25) is 0 Å². The highest BCUT2D eigenvalue weighted by Crippen LogP contribution is 2.09. The molecule has 0 spiro atoms. The van der Waals surface area contributed by atoms with Crippen LogP contribution in [-0.4, -0.2) is 12.8 Å². The van der Waals surface area contributed by atoms with Gasteiger partial charge in [-0.3, -0.25) is 4.79 Å². The minimum absolute atomic E-state index is 0.730. The largest absolute Gasteiger partial charge is 0.385 e. The van der Waals surface area contributed by atoms with E-state index < -0.39 is 0 Å². The highest BCUT2D eigenvalue weighted by Gasteiger charge is 1.93. The Labute approximate surface area is 91.7 Å². The Morgan fingerprint density at radius 3 is 2.87 bits per heavy atom. The number of benzene rings is 1. The summed E-state index contributed by atoms with van der Waals surface area (Å²) in [6.07, 6.45) is 5.91. The molecular weight excluding hydrogens is 186 g/mol. The van der Waals surface area contributed by atoms with Crippen molar-refractivity contribution in [3.05, 3.63) is 29.8 Å². The number of anilines is 1. The van der Waals surface area contributed by atoms with Gasteiger partial charge >= 0.3 is 0 Å². The van der Waals surface area contributed by atoms with Gasteiger partial charge in [-0.25, -0.2) is 0 Å². The molecule has 0 aliphatic rings. The molecular formula is C13H19NO. The first-order valence-corrected chi connectivity index (χ1v) is 5.66. The number of rotatable bonds is 7. The number of hydrogen-bond acceptors (Lipinski definition) is 2. The third kappa shape index (κ3) is 4.63. The molecule has 0 saturated heterocycles. The number of carbonyl (C=O) groups is 1. The van der Waals surface area contributed by atoms with Crippen LogP contribution in [0.5, 0.6) is 0 Å². The average Bonchev–Trinajstić information content (AvgIpc) is 2.29. The average molecular weight is 205 g/mol. The monoisotopic (exact) mass is 205 g/mol. The lowest BCUT2D eigenvalue weighted by Gasteiger charge is -2.06. The van der Waals surface area contributed by atoms with Gasteiger partial charge in [0.1, 0.15) is 6.29 Å². The van der Waals surface area contributed by atoms with E-state index >= 15 is 0 Å². The quantitative estimate of drug-likeness (QED) is 0.545. The summed E-state index contributed by atoms with van der Waals surface area (Å²) in [4.78, 5) is 10.5. The minimum Gasteiger partial charge on any atom is -0.385 e. The van der Waals surface area contributed by atoms with Crippen LogP contribution in [0.4, 0.5) is 5.69 Å². The van der Waals surface area contributed by atoms with Gasteiger partial charge in [0.15, 0.2) is 0 Å². The molecule has 0 heterocycles. The zero-order chi connectivity index (χ0) is 10.9. The number of nitrogens with one attached hydrogen (secondary N) is 1. The molecule has 0 aromatic heterocycles. The number of carbonyl (C=O) groups excluding carboxylic acids is 1. The zero-order valence-electron chi connectivity index (χ0n) is 9.33. The van der Waals surface area contributed by atoms with Gasteiger partial charge in [-0.1, -0.05) is 38.3 Å². The Balaban J connectivity index is 2.27. The van der Waals surface area contributed by atoms with Crippen molar-refractivity contribution in [1.82, 2.24) is 0 Å². The SMILES string of the molecule is CCCCCCNc1cccc(C=O)c1. The fourth-order valence-corrected chi connectivity index (χ4v) is 1.51. The van der Waals surface area contributed by atoms with Gasteiger partial charge in [0, 0.05) is 17.8 Å². The van der Waals surface area contributed by atoms with Gasteiger partial charge in [0.2, 0.25) is 0 Å². The van der Waals surface area contributed by atoms with Crippen molar-refractivity contribution in [3.8, 4) is 0 Å². The molecule has 1 N–H and O–H groups in total. The predicted octanol–water partition coefficient (Wildman–Crippen LogP) is 3.49. The molecule has 2 heteroatoms. The van der Waals surface area contributed by atoms with Gasteiger partial charge in [0.05, 0.1) is 0 Å². The smallest absolute Gasteiger partial charge is 0.150 e. The number of hydrogen-bond donors (Lipinski definition) is 1. The van der Waals surface area contributed by atoms with Crippen LogP contribution in [0, 0.1) is 0 Å². The Morgan fingerprint density at radius 1 is 1.27 bits per heavy atom. The van der Waals surface area contributed by atoms with E-state index in [2.05, 4.69) is 12.2 Å². The van der Waals surface area contributed by atoms with Gasteiger partial charge in [-0.2, -0.15) is 0 Å². The molecule has 0 saturated carbocycles. The van der Waals surface area contributed by atoms with Crippen LogP contribution in [-0.2, 0) is 0 Å². The summed E-state index contributed by atoms with van der Waals surface area (Å²) in [6.45, 7) is 3.20. The molecule has 0 amide bonds. The first-order chi connectivity index (χ1) is 7.36. The van der Waals surface area contributed by atoms with Crippen LogP contribution in [0.3, 0.4) is 0 Å². The number of unbranched alkanes of at least 4 members (excludes halogenated alkanes) is 3. The van der Waals surface area contributed by atoms with Gasteiger partial charge in [-0.05, 0) is 18.6 Å². The van der Waals surface area contributed by atoms with E-state index in [9.17, 15) is 4.79 Å². The van der Waals surface area contributed by atoms with Crippen molar-refractivity contribution in [2.45, 2.75) is 32.6 Å². The number of aldehydes is 1. The summed E-state index contributed by atoms with van der Waals surface area (Å²) in [6, 6.07) is 7.59. The van der Waals surface area contributed by atoms with Gasteiger partial charge in [-0.15, -0.1) is 0 Å². The molecule has 82 valence electrons. The lowest BCUT2D eigenvalue weighted by molar-refractivity contribution is 0.112. The Kier molecular flexibility index (Phi) is 5.52. The van der Waals surface area contributed by atoms with E-state index in [1.165, 1.54) is 25.7 Å². The van der Waals surface area contributed by atoms with Crippen LogP contribution in [0.15, 0.2) is 24.3 Å². The standard InChI is InChI=1S/C13H19NO/c1-2-3-4-5-9-14-13-8-6-7-12(10-13)11-15/h6-8,10-11,14H,2-5,9H2,1H3. The van der Waals surface area contributed by atoms with E-state index in [0.717, 1.165) is 24.1 Å². The second-order valence-corrected chi connectivity index (χ2v) is 3.73. The van der Waals surface area contributed by atoms with E-state index in [1.807, 2.05) is 24.3 Å². The maximum absolute atomic E-state index is 10.5. The molecule has 0 fully saturated rings. The van der Waals surface area contributed by atoms with Crippen LogP contribution < -0.4 is 5.32 Å². The maximum atomic E-state index is 10.5. The van der Waals surface area contributed by atoms with E-state index in [0.29, 0.717) is 0 Å². The molecule has 0 aliphatic heterocycles. The fourth-order valence-electron chi connectivity index (χ4n) is 1.51. The predicted molar refractivity (Wildman–Crippen MR) is 64.5 cm³/mol. The molecule has 1 aromatic carbocycles. The summed E-state index contributed by atoms with van der Waals surface area (Å²) >= 11 is 0. The van der Waals surface area contributed by atoms with Crippen molar-refractivity contribution in [1.29, 1.82) is 0 Å². The molecule has 0 unspecified atom stereocenters. The van der Waals surface area contributed by atoms with E-state index in [-0.39, 0.29) is 0 Å². The molecule has 0 atom stereocenters. The Morgan fingerprint density at radius 2 is 2.13 bits per heavy atom. The fraction of sp³-hybridized carbons (Fsp3) is 0.462. The van der Waals surface area contributed by atoms with E-state index in [1.54, 1.807) is 0 Å². The van der Waals surface area contributed by atoms with Crippen molar-refractivity contribution in [2.24, 2.45) is 0 Å². The van der Waals surface area contributed by atoms with Crippen molar-refractivity contribution in [2.75, 3.05) is 11.9 Å². The van der Waals surface area contributed by atoms with Crippen LogP contribution >= 0.6 is 0 Å². The molecule has 1 aromatic rings. The van der Waals surface area contributed by atoms with Crippen LogP contribution in [0.1, 0.15) is 43.0 Å². The zero-order valence-corrected chi connectivity index (χ0v) is 9.33. The normalized spacial score (nSPS) is 9.93. The maximum Gasteiger partial charge on any atom is 0.150 e. The molecule has 2 nitrogen and oxygen atoms in total. The van der Waals surface area contributed by atoms with E-state index in [4.69, 9.17) is 0 Å². The Bertz CT molecular complexity index is 296. The highest BCUT2D eigenvalue weighted by molar-refractivity contribution is 5.76. The summed E-state index contributed by atoms with van der Waals surface area (Å²) in [7, 11) is 0. The second-order valence-electron chi connectivity index (χ2n) is 3.73. The molecule has 1 rings (SSSR count). The summed E-state index contributed by atoms with van der Waals surface area (Å²) in [5.41, 5.74) is 1.77. The second kappa shape index (κ2) is 7.04. The lowest BCUT2D eigenvalue weighted by atomic mass is 10.2. The van der Waals surface area contributed by atoms with Gasteiger partial charge < -0.3 is 5.32 Å². The molecule has 0 radical (unpaired) electrons. The first-order valence-electron chi connectivity index (χ1n) is 5.66. The van der Waals surface area contributed by atoms with Crippen LogP contribution in [0.25, 0.3) is 0 Å². The van der Waals surface area contributed by atoms with Crippen molar-refractivity contribution >= 4 is 12.0 Å². The summed E-state index contributed by atoms with van der Waals surface area (Å²) in [5, 5.41) is 3.32. The third-order valence-electron chi connectivity index (χ3n) is 2.38. The topological polar surface area (TPSA) is 29.1 Å². The first kappa shape index (κ1) is 11.8.